The minimum atomic E-state index is -0.164. The predicted octanol–water partition coefficient (Wildman–Crippen LogP) is 5.07. The number of anilines is 1. The maximum Gasteiger partial charge on any atom is 0.257 e. The van der Waals surface area contributed by atoms with E-state index in [9.17, 15) is 4.79 Å². The average Bonchev–Trinajstić information content (AvgIpc) is 2.97. The van der Waals surface area contributed by atoms with Crippen molar-refractivity contribution >= 4 is 32.6 Å². The van der Waals surface area contributed by atoms with E-state index in [2.05, 4.69) is 30.2 Å². The van der Waals surface area contributed by atoms with Crippen LogP contribution in [0.4, 0.5) is 5.13 Å². The van der Waals surface area contributed by atoms with Crippen LogP contribution in [0.3, 0.4) is 0 Å². The van der Waals surface area contributed by atoms with Gasteiger partial charge in [0.05, 0.1) is 16.8 Å². The van der Waals surface area contributed by atoms with Crippen molar-refractivity contribution in [1.29, 1.82) is 0 Å². The number of rotatable bonds is 5. The van der Waals surface area contributed by atoms with E-state index in [0.717, 1.165) is 16.0 Å². The Hall–Kier alpha value is -2.40. The number of amides is 1. The van der Waals surface area contributed by atoms with Crippen molar-refractivity contribution in [1.82, 2.24) is 4.98 Å². The van der Waals surface area contributed by atoms with Gasteiger partial charge in [0.1, 0.15) is 5.75 Å². The van der Waals surface area contributed by atoms with Crippen molar-refractivity contribution in [3.05, 3.63) is 53.6 Å². The minimum Gasteiger partial charge on any atom is -0.494 e. The molecule has 0 atom stereocenters. The van der Waals surface area contributed by atoms with Crippen molar-refractivity contribution in [2.75, 3.05) is 11.9 Å². The number of fused-ring (bicyclic) bond motifs is 1. The van der Waals surface area contributed by atoms with E-state index in [0.29, 0.717) is 23.2 Å². The van der Waals surface area contributed by atoms with Gasteiger partial charge in [-0.25, -0.2) is 4.98 Å². The quantitative estimate of drug-likeness (QED) is 0.705. The van der Waals surface area contributed by atoms with Crippen LogP contribution in [0.15, 0.2) is 42.5 Å². The number of nitrogens with one attached hydrogen (secondary N) is 1. The maximum atomic E-state index is 12.4. The lowest BCUT2D eigenvalue weighted by molar-refractivity contribution is 0.102. The van der Waals surface area contributed by atoms with Gasteiger partial charge >= 0.3 is 0 Å². The summed E-state index contributed by atoms with van der Waals surface area (Å²) < 4.78 is 6.48. The fourth-order valence-corrected chi connectivity index (χ4v) is 3.42. The Kier molecular flexibility index (Phi) is 4.81. The highest BCUT2D eigenvalue weighted by Crippen LogP contribution is 2.31. The Bertz CT molecular complexity index is 853. The van der Waals surface area contributed by atoms with Gasteiger partial charge in [0.25, 0.3) is 5.91 Å². The molecule has 0 saturated carbocycles. The standard InChI is InChI=1S/C19H20N2O2S/c1-4-23-14-10-8-13(9-11-14)18(22)21-19-20-17-15(12(2)3)6-5-7-16(17)24-19/h5-12H,4H2,1-3H3,(H,20,21,22). The second-order valence-corrected chi connectivity index (χ2v) is 6.81. The minimum absolute atomic E-state index is 0.164. The summed E-state index contributed by atoms with van der Waals surface area (Å²) in [5, 5.41) is 3.52. The maximum absolute atomic E-state index is 12.4. The number of para-hydroxylation sites is 1. The van der Waals surface area contributed by atoms with E-state index in [1.165, 1.54) is 16.9 Å². The van der Waals surface area contributed by atoms with Crippen LogP contribution in [-0.4, -0.2) is 17.5 Å². The Balaban J connectivity index is 1.81. The SMILES string of the molecule is CCOc1ccc(C(=O)Nc2nc3c(C(C)C)cccc3s2)cc1. The van der Waals surface area contributed by atoms with E-state index in [1.807, 2.05) is 19.1 Å². The molecule has 0 fully saturated rings. The molecule has 0 bridgehead atoms. The first-order chi connectivity index (χ1) is 11.6. The van der Waals surface area contributed by atoms with Crippen molar-refractivity contribution in [3.8, 4) is 5.75 Å². The smallest absolute Gasteiger partial charge is 0.257 e. The van der Waals surface area contributed by atoms with Gasteiger partial charge in [-0.3, -0.25) is 10.1 Å². The summed E-state index contributed by atoms with van der Waals surface area (Å²) in [6.07, 6.45) is 0. The first-order valence-electron chi connectivity index (χ1n) is 8.02. The number of nitrogens with zero attached hydrogens (tertiary/aromatic N) is 1. The monoisotopic (exact) mass is 340 g/mol. The van der Waals surface area contributed by atoms with Crippen molar-refractivity contribution in [2.24, 2.45) is 0 Å². The molecule has 0 aliphatic rings. The molecule has 0 unspecified atom stereocenters. The Morgan fingerprint density at radius 2 is 1.96 bits per heavy atom. The molecule has 1 amide bonds. The van der Waals surface area contributed by atoms with Crippen LogP contribution < -0.4 is 10.1 Å². The van der Waals surface area contributed by atoms with E-state index in [-0.39, 0.29) is 5.91 Å². The molecular formula is C19H20N2O2S. The fraction of sp³-hybridized carbons (Fsp3) is 0.263. The van der Waals surface area contributed by atoms with Gasteiger partial charge < -0.3 is 4.74 Å². The molecule has 0 spiro atoms. The summed E-state index contributed by atoms with van der Waals surface area (Å²) in [6, 6.07) is 13.3. The number of hydrogen-bond donors (Lipinski definition) is 1. The number of carbonyl (C=O) groups is 1. The van der Waals surface area contributed by atoms with Crippen LogP contribution in [0.2, 0.25) is 0 Å². The second-order valence-electron chi connectivity index (χ2n) is 5.78. The number of benzene rings is 2. The van der Waals surface area contributed by atoms with E-state index in [4.69, 9.17) is 4.74 Å². The molecule has 0 aliphatic carbocycles. The van der Waals surface area contributed by atoms with Gasteiger partial charge in [-0.1, -0.05) is 37.3 Å². The van der Waals surface area contributed by atoms with Crippen LogP contribution in [0, 0.1) is 0 Å². The van der Waals surface area contributed by atoms with Gasteiger partial charge in [-0.2, -0.15) is 0 Å². The summed E-state index contributed by atoms with van der Waals surface area (Å²) in [4.78, 5) is 17.0. The third-order valence-electron chi connectivity index (χ3n) is 3.72. The number of hydrogen-bond acceptors (Lipinski definition) is 4. The van der Waals surface area contributed by atoms with Crippen LogP contribution in [0.5, 0.6) is 5.75 Å². The van der Waals surface area contributed by atoms with Crippen molar-refractivity contribution < 1.29 is 9.53 Å². The molecule has 3 rings (SSSR count). The normalized spacial score (nSPS) is 11.0. The molecule has 0 radical (unpaired) electrons. The first-order valence-corrected chi connectivity index (χ1v) is 8.83. The highest BCUT2D eigenvalue weighted by Gasteiger charge is 2.13. The zero-order chi connectivity index (χ0) is 17.1. The van der Waals surface area contributed by atoms with Gasteiger partial charge in [0.15, 0.2) is 5.13 Å². The zero-order valence-corrected chi connectivity index (χ0v) is 14.8. The van der Waals surface area contributed by atoms with Crippen LogP contribution in [0.25, 0.3) is 10.2 Å². The zero-order valence-electron chi connectivity index (χ0n) is 14.0. The molecule has 1 N–H and O–H groups in total. The van der Waals surface area contributed by atoms with Crippen molar-refractivity contribution in [3.63, 3.8) is 0 Å². The molecule has 2 aromatic carbocycles. The summed E-state index contributed by atoms with van der Waals surface area (Å²) in [5.41, 5.74) is 2.76. The lowest BCUT2D eigenvalue weighted by Gasteiger charge is -2.05. The summed E-state index contributed by atoms with van der Waals surface area (Å²) in [5.74, 6) is 0.990. The predicted molar refractivity (Wildman–Crippen MR) is 99.3 cm³/mol. The van der Waals surface area contributed by atoms with Gasteiger partial charge in [-0.05, 0) is 48.7 Å². The average molecular weight is 340 g/mol. The van der Waals surface area contributed by atoms with Gasteiger partial charge in [0.2, 0.25) is 0 Å². The molecule has 0 saturated heterocycles. The van der Waals surface area contributed by atoms with E-state index < -0.39 is 0 Å². The Labute approximate surface area is 145 Å². The number of carbonyl (C=O) groups excluding carboxylic acids is 1. The molecule has 24 heavy (non-hydrogen) atoms. The highest BCUT2D eigenvalue weighted by atomic mass is 32.1. The fourth-order valence-electron chi connectivity index (χ4n) is 2.53. The van der Waals surface area contributed by atoms with E-state index in [1.54, 1.807) is 24.3 Å². The largest absolute Gasteiger partial charge is 0.494 e. The van der Waals surface area contributed by atoms with E-state index >= 15 is 0 Å². The van der Waals surface area contributed by atoms with Crippen LogP contribution in [-0.2, 0) is 0 Å². The molecule has 3 aromatic rings. The molecule has 0 aliphatic heterocycles. The summed E-state index contributed by atoms with van der Waals surface area (Å²) in [6.45, 7) is 6.83. The third kappa shape index (κ3) is 3.41. The van der Waals surface area contributed by atoms with Crippen LogP contribution >= 0.6 is 11.3 Å². The number of ether oxygens (including phenoxy) is 1. The Morgan fingerprint density at radius 3 is 2.62 bits per heavy atom. The van der Waals surface area contributed by atoms with Crippen molar-refractivity contribution in [2.45, 2.75) is 26.7 Å². The Morgan fingerprint density at radius 1 is 1.21 bits per heavy atom. The molecular weight excluding hydrogens is 320 g/mol. The number of thiazole rings is 1. The van der Waals surface area contributed by atoms with Gasteiger partial charge in [-0.15, -0.1) is 0 Å². The third-order valence-corrected chi connectivity index (χ3v) is 4.66. The number of aromatic nitrogens is 1. The van der Waals surface area contributed by atoms with Crippen LogP contribution in [0.1, 0.15) is 42.6 Å². The first kappa shape index (κ1) is 16.5. The molecule has 5 heteroatoms. The summed E-state index contributed by atoms with van der Waals surface area (Å²) in [7, 11) is 0. The molecule has 1 aromatic heterocycles. The van der Waals surface area contributed by atoms with Gasteiger partial charge in [0, 0.05) is 5.56 Å². The molecule has 4 nitrogen and oxygen atoms in total. The lowest BCUT2D eigenvalue weighted by Crippen LogP contribution is -2.11. The molecule has 1 heterocycles. The second kappa shape index (κ2) is 7.01. The molecule has 124 valence electrons. The summed E-state index contributed by atoms with van der Waals surface area (Å²) >= 11 is 1.50. The topological polar surface area (TPSA) is 51.2 Å². The highest BCUT2D eigenvalue weighted by molar-refractivity contribution is 7.22. The lowest BCUT2D eigenvalue weighted by atomic mass is 10.0.